The Labute approximate surface area is 106 Å². The third kappa shape index (κ3) is 2.36. The van der Waals surface area contributed by atoms with Crippen molar-refractivity contribution in [2.45, 2.75) is 0 Å². The normalized spacial score (nSPS) is 10.1. The van der Waals surface area contributed by atoms with E-state index in [2.05, 4.69) is 68.9 Å². The molecule has 0 aliphatic carbocycles. The van der Waals surface area contributed by atoms with Gasteiger partial charge in [0.25, 0.3) is 0 Å². The van der Waals surface area contributed by atoms with Gasteiger partial charge in [-0.1, -0.05) is 34.1 Å². The van der Waals surface area contributed by atoms with Crippen LogP contribution >= 0.6 is 38.5 Å². The van der Waals surface area contributed by atoms with Crippen LogP contribution in [0.1, 0.15) is 0 Å². The molecule has 2 aromatic rings. The maximum atomic E-state index is 3.46. The van der Waals surface area contributed by atoms with E-state index >= 15 is 0 Å². The summed E-state index contributed by atoms with van der Waals surface area (Å²) in [6.45, 7) is 0. The van der Waals surface area contributed by atoms with Crippen molar-refractivity contribution >= 4 is 38.5 Å². The highest BCUT2D eigenvalue weighted by Gasteiger charge is 1.97. The van der Waals surface area contributed by atoms with Crippen molar-refractivity contribution < 1.29 is 0 Å². The molecule has 2 aromatic carbocycles. The fourth-order valence-electron chi connectivity index (χ4n) is 1.25. The van der Waals surface area contributed by atoms with Crippen LogP contribution in [0.4, 0.5) is 0 Å². The van der Waals surface area contributed by atoms with Crippen molar-refractivity contribution in [2.24, 2.45) is 0 Å². The summed E-state index contributed by atoms with van der Waals surface area (Å²) in [6.07, 6.45) is 0. The minimum absolute atomic E-state index is 1.11. The molecule has 0 aliphatic heterocycles. The summed E-state index contributed by atoms with van der Waals surface area (Å²) < 4.78 is 2.25. The predicted octanol–water partition coefficient (Wildman–Crippen LogP) is 4.52. The van der Waals surface area contributed by atoms with Crippen molar-refractivity contribution in [3.63, 3.8) is 0 Å². The predicted molar refractivity (Wildman–Crippen MR) is 71.1 cm³/mol. The van der Waals surface area contributed by atoms with Crippen LogP contribution in [-0.4, -0.2) is 0 Å². The Balaban J connectivity index is 2.44. The third-order valence-corrected chi connectivity index (χ3v) is 3.10. The van der Waals surface area contributed by atoms with Gasteiger partial charge in [0.15, 0.2) is 0 Å². The fourth-order valence-corrected chi connectivity index (χ4v) is 1.99. The first kappa shape index (κ1) is 10.2. The molecule has 2 heteroatoms. The standard InChI is InChI=1S/C12H7BrI/c13-11-3-1-2-10(8-11)9-4-6-12(14)7-5-9/h1-6,8H. The topological polar surface area (TPSA) is 0 Å². The van der Waals surface area contributed by atoms with Gasteiger partial charge in [0.2, 0.25) is 0 Å². The monoisotopic (exact) mass is 357 g/mol. The molecular formula is C12H7BrI. The number of benzene rings is 2. The zero-order chi connectivity index (χ0) is 9.97. The first-order valence-electron chi connectivity index (χ1n) is 4.19. The first-order valence-corrected chi connectivity index (χ1v) is 6.06. The zero-order valence-electron chi connectivity index (χ0n) is 7.30. The quantitative estimate of drug-likeness (QED) is 0.658. The molecule has 0 saturated heterocycles. The Morgan fingerprint density at radius 3 is 2.57 bits per heavy atom. The molecule has 0 fully saturated rings. The molecule has 0 unspecified atom stereocenters. The lowest BCUT2D eigenvalue weighted by molar-refractivity contribution is 1.56. The van der Waals surface area contributed by atoms with Gasteiger partial charge in [-0.05, 0) is 64.0 Å². The Hall–Kier alpha value is -0.350. The van der Waals surface area contributed by atoms with E-state index in [1.54, 1.807) is 0 Å². The van der Waals surface area contributed by atoms with Crippen LogP contribution in [0, 0.1) is 9.64 Å². The molecule has 0 bridgehead atoms. The highest BCUT2D eigenvalue weighted by Crippen LogP contribution is 2.23. The minimum Gasteiger partial charge on any atom is -0.0605 e. The lowest BCUT2D eigenvalue weighted by Crippen LogP contribution is -1.78. The lowest BCUT2D eigenvalue weighted by atomic mass is 10.1. The minimum atomic E-state index is 1.11. The van der Waals surface area contributed by atoms with E-state index in [-0.39, 0.29) is 0 Å². The average molecular weight is 358 g/mol. The van der Waals surface area contributed by atoms with Crippen molar-refractivity contribution in [2.75, 3.05) is 0 Å². The summed E-state index contributed by atoms with van der Waals surface area (Å²) in [4.78, 5) is 0. The Morgan fingerprint density at radius 1 is 1.07 bits per heavy atom. The van der Waals surface area contributed by atoms with Gasteiger partial charge in [-0.2, -0.15) is 0 Å². The molecule has 0 saturated carbocycles. The largest absolute Gasteiger partial charge is 0.0605 e. The highest BCUT2D eigenvalue weighted by molar-refractivity contribution is 14.1. The Morgan fingerprint density at radius 2 is 1.93 bits per heavy atom. The summed E-state index contributed by atoms with van der Waals surface area (Å²) in [6, 6.07) is 17.7. The number of hydrogen-bond donors (Lipinski definition) is 0. The van der Waals surface area contributed by atoms with E-state index < -0.39 is 0 Å². The molecule has 0 spiro atoms. The van der Waals surface area contributed by atoms with Gasteiger partial charge in [0.05, 0.1) is 0 Å². The van der Waals surface area contributed by atoms with E-state index in [1.165, 1.54) is 11.1 Å². The van der Waals surface area contributed by atoms with E-state index in [9.17, 15) is 0 Å². The van der Waals surface area contributed by atoms with Crippen molar-refractivity contribution in [3.8, 4) is 11.1 Å². The molecule has 2 rings (SSSR count). The molecule has 0 amide bonds. The summed E-state index contributed by atoms with van der Waals surface area (Å²) in [5.74, 6) is 0. The second kappa shape index (κ2) is 4.45. The van der Waals surface area contributed by atoms with Crippen LogP contribution in [0.5, 0.6) is 0 Å². The molecule has 14 heavy (non-hydrogen) atoms. The second-order valence-corrected chi connectivity index (χ2v) is 5.01. The molecule has 1 radical (unpaired) electrons. The lowest BCUT2D eigenvalue weighted by Gasteiger charge is -2.01. The zero-order valence-corrected chi connectivity index (χ0v) is 11.0. The van der Waals surface area contributed by atoms with Crippen LogP contribution < -0.4 is 0 Å². The van der Waals surface area contributed by atoms with Gasteiger partial charge in [-0.25, -0.2) is 0 Å². The van der Waals surface area contributed by atoms with Gasteiger partial charge in [-0.15, -0.1) is 0 Å². The molecule has 0 atom stereocenters. The molecule has 0 heterocycles. The number of halogens is 2. The maximum Gasteiger partial charge on any atom is 0.0209 e. The highest BCUT2D eigenvalue weighted by atomic mass is 127. The van der Waals surface area contributed by atoms with Crippen molar-refractivity contribution in [1.29, 1.82) is 0 Å². The molecule has 0 N–H and O–H groups in total. The Bertz CT molecular complexity index is 434. The van der Waals surface area contributed by atoms with Crippen molar-refractivity contribution in [3.05, 3.63) is 56.6 Å². The van der Waals surface area contributed by atoms with Gasteiger partial charge in [0.1, 0.15) is 0 Å². The van der Waals surface area contributed by atoms with Crippen molar-refractivity contribution in [1.82, 2.24) is 0 Å². The van der Waals surface area contributed by atoms with Crippen LogP contribution in [0.15, 0.2) is 46.9 Å². The SMILES string of the molecule is Brc1cccc(-c2c[c]c(I)cc2)c1. The molecule has 69 valence electrons. The van der Waals surface area contributed by atoms with Crippen LogP contribution in [0.25, 0.3) is 11.1 Å². The summed E-state index contributed by atoms with van der Waals surface area (Å²) in [7, 11) is 0. The van der Waals surface area contributed by atoms with Gasteiger partial charge < -0.3 is 0 Å². The summed E-state index contributed by atoms with van der Waals surface area (Å²) >= 11 is 5.72. The fraction of sp³-hybridized carbons (Fsp3) is 0. The number of rotatable bonds is 1. The number of hydrogen-bond acceptors (Lipinski definition) is 0. The smallest absolute Gasteiger partial charge is 0.0209 e. The van der Waals surface area contributed by atoms with Gasteiger partial charge in [-0.3, -0.25) is 0 Å². The molecule has 0 aliphatic rings. The Kier molecular flexibility index (Phi) is 3.23. The van der Waals surface area contributed by atoms with Gasteiger partial charge >= 0.3 is 0 Å². The molecular weight excluding hydrogens is 351 g/mol. The van der Waals surface area contributed by atoms with E-state index in [1.807, 2.05) is 18.2 Å². The van der Waals surface area contributed by atoms with E-state index in [0.29, 0.717) is 0 Å². The van der Waals surface area contributed by atoms with Gasteiger partial charge in [0, 0.05) is 8.04 Å². The molecule has 0 nitrogen and oxygen atoms in total. The molecule has 0 aromatic heterocycles. The maximum absolute atomic E-state index is 3.46. The van der Waals surface area contributed by atoms with Crippen LogP contribution in [0.3, 0.4) is 0 Å². The average Bonchev–Trinajstić information content (AvgIpc) is 2.19. The summed E-state index contributed by atoms with van der Waals surface area (Å²) in [5.41, 5.74) is 2.42. The van der Waals surface area contributed by atoms with Crippen LogP contribution in [-0.2, 0) is 0 Å². The van der Waals surface area contributed by atoms with Crippen LogP contribution in [0.2, 0.25) is 0 Å². The van der Waals surface area contributed by atoms with E-state index in [0.717, 1.165) is 8.04 Å². The van der Waals surface area contributed by atoms with E-state index in [4.69, 9.17) is 0 Å². The first-order chi connectivity index (χ1) is 6.75. The summed E-state index contributed by atoms with van der Waals surface area (Å²) in [5, 5.41) is 0. The second-order valence-electron chi connectivity index (χ2n) is 2.94. The third-order valence-electron chi connectivity index (χ3n) is 1.93.